The standard InChI is InChI=1S/C15H19ClN4O/c1-3-14(20-11-17-10-18-20)15(21)19(4-2)9-12-6-5-7-13(16)8-12/h5-8,10-11,14H,3-4,9H2,1-2H3. The van der Waals surface area contributed by atoms with Crippen LogP contribution in [-0.4, -0.2) is 32.1 Å². The third-order valence-electron chi connectivity index (χ3n) is 3.38. The van der Waals surface area contributed by atoms with Crippen LogP contribution >= 0.6 is 11.6 Å². The van der Waals surface area contributed by atoms with Crippen molar-refractivity contribution < 1.29 is 4.79 Å². The molecule has 5 nitrogen and oxygen atoms in total. The Bertz CT molecular complexity index is 585. The second-order valence-electron chi connectivity index (χ2n) is 4.78. The minimum Gasteiger partial charge on any atom is -0.337 e. The van der Waals surface area contributed by atoms with Gasteiger partial charge >= 0.3 is 0 Å². The summed E-state index contributed by atoms with van der Waals surface area (Å²) in [5.74, 6) is 0.0467. The highest BCUT2D eigenvalue weighted by Gasteiger charge is 2.24. The van der Waals surface area contributed by atoms with Gasteiger partial charge < -0.3 is 4.90 Å². The Kier molecular flexibility index (Phi) is 5.33. The molecule has 0 fully saturated rings. The number of carbonyl (C=O) groups excluding carboxylic acids is 1. The fraction of sp³-hybridized carbons (Fsp3) is 0.400. The van der Waals surface area contributed by atoms with Gasteiger partial charge in [-0.25, -0.2) is 9.67 Å². The van der Waals surface area contributed by atoms with E-state index >= 15 is 0 Å². The summed E-state index contributed by atoms with van der Waals surface area (Å²) in [6, 6.07) is 7.26. The van der Waals surface area contributed by atoms with Crippen molar-refractivity contribution in [1.29, 1.82) is 0 Å². The molecular formula is C15H19ClN4O. The van der Waals surface area contributed by atoms with Gasteiger partial charge in [0.05, 0.1) is 0 Å². The quantitative estimate of drug-likeness (QED) is 0.824. The van der Waals surface area contributed by atoms with E-state index in [1.807, 2.05) is 43.0 Å². The average Bonchev–Trinajstić information content (AvgIpc) is 2.99. The van der Waals surface area contributed by atoms with Crippen molar-refractivity contribution in [2.45, 2.75) is 32.9 Å². The van der Waals surface area contributed by atoms with Crippen LogP contribution < -0.4 is 0 Å². The fourth-order valence-corrected chi connectivity index (χ4v) is 2.48. The molecule has 1 atom stereocenters. The van der Waals surface area contributed by atoms with Gasteiger partial charge in [-0.1, -0.05) is 30.7 Å². The Morgan fingerprint density at radius 2 is 2.24 bits per heavy atom. The van der Waals surface area contributed by atoms with Gasteiger partial charge in [-0.3, -0.25) is 4.79 Å². The molecule has 2 aromatic rings. The number of rotatable bonds is 6. The van der Waals surface area contributed by atoms with Crippen molar-refractivity contribution in [3.05, 3.63) is 47.5 Å². The van der Waals surface area contributed by atoms with E-state index in [0.29, 0.717) is 24.5 Å². The highest BCUT2D eigenvalue weighted by atomic mass is 35.5. The van der Waals surface area contributed by atoms with Crippen molar-refractivity contribution >= 4 is 17.5 Å². The number of halogens is 1. The highest BCUT2D eigenvalue weighted by molar-refractivity contribution is 6.30. The average molecular weight is 307 g/mol. The van der Waals surface area contributed by atoms with Crippen LogP contribution in [0.5, 0.6) is 0 Å². The Morgan fingerprint density at radius 3 is 2.81 bits per heavy atom. The van der Waals surface area contributed by atoms with Crippen LogP contribution in [0.25, 0.3) is 0 Å². The molecule has 0 aliphatic carbocycles. The molecule has 1 aromatic heterocycles. The minimum absolute atomic E-state index is 0.0467. The molecule has 1 unspecified atom stereocenters. The molecule has 1 aromatic carbocycles. The van der Waals surface area contributed by atoms with Gasteiger partial charge in [-0.05, 0) is 31.0 Å². The first-order chi connectivity index (χ1) is 10.2. The van der Waals surface area contributed by atoms with E-state index < -0.39 is 0 Å². The second kappa shape index (κ2) is 7.22. The van der Waals surface area contributed by atoms with Gasteiger partial charge in [0.2, 0.25) is 5.91 Å². The molecule has 0 spiro atoms. The smallest absolute Gasteiger partial charge is 0.247 e. The summed E-state index contributed by atoms with van der Waals surface area (Å²) in [4.78, 5) is 18.4. The number of nitrogens with zero attached hydrogens (tertiary/aromatic N) is 4. The van der Waals surface area contributed by atoms with Crippen molar-refractivity contribution in [1.82, 2.24) is 19.7 Å². The molecule has 0 aliphatic heterocycles. The first kappa shape index (κ1) is 15.5. The number of benzene rings is 1. The predicted molar refractivity (Wildman–Crippen MR) is 81.9 cm³/mol. The van der Waals surface area contributed by atoms with Crippen LogP contribution in [0.3, 0.4) is 0 Å². The fourth-order valence-electron chi connectivity index (χ4n) is 2.27. The summed E-state index contributed by atoms with van der Waals surface area (Å²) in [5.41, 5.74) is 1.02. The zero-order valence-corrected chi connectivity index (χ0v) is 13.0. The molecule has 0 aliphatic rings. The minimum atomic E-state index is -0.313. The molecule has 0 saturated carbocycles. The van der Waals surface area contributed by atoms with Crippen LogP contribution in [0.2, 0.25) is 5.02 Å². The zero-order chi connectivity index (χ0) is 15.2. The lowest BCUT2D eigenvalue weighted by atomic mass is 10.1. The van der Waals surface area contributed by atoms with E-state index in [-0.39, 0.29) is 11.9 Å². The highest BCUT2D eigenvalue weighted by Crippen LogP contribution is 2.17. The molecular weight excluding hydrogens is 288 g/mol. The Morgan fingerprint density at radius 1 is 1.43 bits per heavy atom. The summed E-state index contributed by atoms with van der Waals surface area (Å²) in [5, 5.41) is 4.76. The van der Waals surface area contributed by atoms with Gasteiger partial charge in [0, 0.05) is 18.1 Å². The van der Waals surface area contributed by atoms with E-state index in [0.717, 1.165) is 5.56 Å². The Labute approximate surface area is 129 Å². The van der Waals surface area contributed by atoms with Crippen LogP contribution in [-0.2, 0) is 11.3 Å². The largest absolute Gasteiger partial charge is 0.337 e. The number of likely N-dealkylation sites (N-methyl/N-ethyl adjacent to an activating group) is 1. The molecule has 0 saturated heterocycles. The number of hydrogen-bond acceptors (Lipinski definition) is 3. The molecule has 2 rings (SSSR count). The molecule has 1 amide bonds. The first-order valence-corrected chi connectivity index (χ1v) is 7.40. The van der Waals surface area contributed by atoms with Gasteiger partial charge in [-0.15, -0.1) is 0 Å². The molecule has 0 N–H and O–H groups in total. The lowest BCUT2D eigenvalue weighted by Gasteiger charge is -2.26. The Balaban J connectivity index is 2.14. The van der Waals surface area contributed by atoms with Crippen LogP contribution in [0.4, 0.5) is 0 Å². The summed E-state index contributed by atoms with van der Waals surface area (Å²) in [6.45, 7) is 5.12. The maximum atomic E-state index is 12.7. The first-order valence-electron chi connectivity index (χ1n) is 7.03. The molecule has 0 bridgehead atoms. The molecule has 21 heavy (non-hydrogen) atoms. The van der Waals surface area contributed by atoms with E-state index in [9.17, 15) is 4.79 Å². The number of hydrogen-bond donors (Lipinski definition) is 0. The van der Waals surface area contributed by atoms with Crippen molar-refractivity contribution in [2.75, 3.05) is 6.54 Å². The summed E-state index contributed by atoms with van der Waals surface area (Å²) in [6.07, 6.45) is 3.71. The molecule has 112 valence electrons. The molecule has 1 heterocycles. The topological polar surface area (TPSA) is 51.0 Å². The van der Waals surface area contributed by atoms with E-state index in [1.165, 1.54) is 6.33 Å². The number of aromatic nitrogens is 3. The summed E-state index contributed by atoms with van der Waals surface area (Å²) < 4.78 is 1.61. The van der Waals surface area contributed by atoms with Crippen LogP contribution in [0.1, 0.15) is 31.9 Å². The van der Waals surface area contributed by atoms with E-state index in [1.54, 1.807) is 11.0 Å². The summed E-state index contributed by atoms with van der Waals surface area (Å²) in [7, 11) is 0. The third-order valence-corrected chi connectivity index (χ3v) is 3.62. The van der Waals surface area contributed by atoms with Gasteiger partial charge in [0.15, 0.2) is 0 Å². The normalized spacial score (nSPS) is 12.1. The summed E-state index contributed by atoms with van der Waals surface area (Å²) >= 11 is 6.00. The molecule has 0 radical (unpaired) electrons. The maximum Gasteiger partial charge on any atom is 0.247 e. The van der Waals surface area contributed by atoms with Gasteiger partial charge in [0.25, 0.3) is 0 Å². The van der Waals surface area contributed by atoms with Crippen LogP contribution in [0.15, 0.2) is 36.9 Å². The SMILES string of the molecule is CCC(C(=O)N(CC)Cc1cccc(Cl)c1)n1cncn1. The maximum absolute atomic E-state index is 12.7. The molecule has 6 heteroatoms. The van der Waals surface area contributed by atoms with E-state index in [4.69, 9.17) is 11.6 Å². The lowest BCUT2D eigenvalue weighted by Crippen LogP contribution is -2.36. The number of amides is 1. The lowest BCUT2D eigenvalue weighted by molar-refractivity contribution is -0.135. The van der Waals surface area contributed by atoms with Crippen molar-refractivity contribution in [3.8, 4) is 0 Å². The van der Waals surface area contributed by atoms with Gasteiger partial charge in [0.1, 0.15) is 18.7 Å². The van der Waals surface area contributed by atoms with E-state index in [2.05, 4.69) is 10.1 Å². The third kappa shape index (κ3) is 3.82. The number of carbonyl (C=O) groups is 1. The Hall–Kier alpha value is -1.88. The van der Waals surface area contributed by atoms with Gasteiger partial charge in [-0.2, -0.15) is 5.10 Å². The van der Waals surface area contributed by atoms with Crippen LogP contribution in [0, 0.1) is 0 Å². The predicted octanol–water partition coefficient (Wildman–Crippen LogP) is 2.93. The monoisotopic (exact) mass is 306 g/mol. The van der Waals surface area contributed by atoms with Crippen molar-refractivity contribution in [3.63, 3.8) is 0 Å². The second-order valence-corrected chi connectivity index (χ2v) is 5.22. The van der Waals surface area contributed by atoms with Crippen molar-refractivity contribution in [2.24, 2.45) is 0 Å². The zero-order valence-electron chi connectivity index (χ0n) is 12.2.